The Hall–Kier alpha value is -3.19. The molecule has 10 nitrogen and oxygen atoms in total. The number of hydrogen-bond donors (Lipinski definition) is 1. The van der Waals surface area contributed by atoms with Gasteiger partial charge >= 0.3 is 0 Å². The van der Waals surface area contributed by atoms with E-state index in [0.29, 0.717) is 19.3 Å². The van der Waals surface area contributed by atoms with Crippen LogP contribution in [0.2, 0.25) is 25.7 Å². The van der Waals surface area contributed by atoms with Crippen molar-refractivity contribution in [1.82, 2.24) is 40.4 Å². The SMILES string of the molecule is CC(C)c1nnc(N(COCC[Si](C)(C)C)c2ccc3ncc(C4=CN(C)NC4c4cnn(C)c4)cc3n2)s1. The van der Waals surface area contributed by atoms with Gasteiger partial charge in [0.15, 0.2) is 0 Å². The molecule has 1 unspecified atom stereocenters. The van der Waals surface area contributed by atoms with Crippen molar-refractivity contribution in [3.8, 4) is 0 Å². The van der Waals surface area contributed by atoms with Crippen molar-refractivity contribution >= 4 is 47.0 Å². The number of nitrogens with one attached hydrogen (secondary N) is 1. The highest BCUT2D eigenvalue weighted by atomic mass is 32.1. The molecule has 0 aromatic carbocycles. The van der Waals surface area contributed by atoms with E-state index in [4.69, 9.17) is 14.7 Å². The van der Waals surface area contributed by atoms with Gasteiger partial charge in [-0.1, -0.05) is 44.8 Å². The van der Waals surface area contributed by atoms with Crippen LogP contribution in [0.25, 0.3) is 16.6 Å². The molecule has 5 rings (SSSR count). The Morgan fingerprint density at radius 3 is 2.64 bits per heavy atom. The average Bonchev–Trinajstić information content (AvgIpc) is 3.62. The van der Waals surface area contributed by atoms with E-state index < -0.39 is 8.07 Å². The summed E-state index contributed by atoms with van der Waals surface area (Å²) < 4.78 is 7.97. The van der Waals surface area contributed by atoms with Gasteiger partial charge in [0.25, 0.3) is 0 Å². The number of anilines is 2. The summed E-state index contributed by atoms with van der Waals surface area (Å²) in [4.78, 5) is 11.8. The average molecular weight is 564 g/mol. The lowest BCUT2D eigenvalue weighted by molar-refractivity contribution is 0.153. The first-order valence-electron chi connectivity index (χ1n) is 13.2. The number of fused-ring (bicyclic) bond motifs is 1. The zero-order valence-electron chi connectivity index (χ0n) is 23.7. The topological polar surface area (TPSA) is 97.1 Å². The van der Waals surface area contributed by atoms with Crippen LogP contribution < -0.4 is 10.3 Å². The monoisotopic (exact) mass is 563 g/mol. The third-order valence-corrected chi connectivity index (χ3v) is 9.49. The molecule has 4 aromatic heterocycles. The maximum absolute atomic E-state index is 6.16. The molecule has 39 heavy (non-hydrogen) atoms. The minimum atomic E-state index is -1.20. The second kappa shape index (κ2) is 11.1. The van der Waals surface area contributed by atoms with E-state index >= 15 is 0 Å². The van der Waals surface area contributed by atoms with Crippen LogP contribution in [0.3, 0.4) is 0 Å². The number of ether oxygens (including phenoxy) is 1. The fourth-order valence-electron chi connectivity index (χ4n) is 4.30. The Morgan fingerprint density at radius 1 is 1.13 bits per heavy atom. The lowest BCUT2D eigenvalue weighted by Gasteiger charge is -2.22. The fraction of sp³-hybridized carbons (Fsp3) is 0.444. The van der Waals surface area contributed by atoms with Crippen LogP contribution in [0.15, 0.2) is 43.0 Å². The number of rotatable bonds is 10. The molecule has 12 heteroatoms. The second-order valence-corrected chi connectivity index (χ2v) is 18.1. The predicted octanol–water partition coefficient (Wildman–Crippen LogP) is 5.32. The van der Waals surface area contributed by atoms with Gasteiger partial charge in [0.05, 0.1) is 23.3 Å². The standard InChI is InChI=1S/C27H37N9OSSi/c1-18(2)26-31-32-27(38-26)36(17-37-10-11-39(5,6)7)24-9-8-22-23(30-24)12-19(13-28-22)21-16-35(4)33-25(21)20-14-29-34(3)15-20/h8-9,12-16,18,25,33H,10-11,17H2,1-7H3. The molecule has 1 aliphatic rings. The summed E-state index contributed by atoms with van der Waals surface area (Å²) in [6.07, 6.45) is 7.93. The number of nitrogens with zero attached hydrogens (tertiary/aromatic N) is 8. The van der Waals surface area contributed by atoms with Crippen LogP contribution in [0, 0.1) is 0 Å². The summed E-state index contributed by atoms with van der Waals surface area (Å²) >= 11 is 1.58. The smallest absolute Gasteiger partial charge is 0.215 e. The Balaban J connectivity index is 1.47. The molecule has 0 saturated carbocycles. The number of hydrazine groups is 1. The number of pyridine rings is 2. The zero-order chi connectivity index (χ0) is 27.7. The predicted molar refractivity (Wildman–Crippen MR) is 159 cm³/mol. The molecule has 0 fully saturated rings. The van der Waals surface area contributed by atoms with E-state index in [1.165, 1.54) is 0 Å². The molecular weight excluding hydrogens is 527 g/mol. The lowest BCUT2D eigenvalue weighted by atomic mass is 9.98. The molecule has 1 atom stereocenters. The maximum Gasteiger partial charge on any atom is 0.215 e. The number of aromatic nitrogens is 6. The molecule has 0 saturated heterocycles. The molecule has 0 amide bonds. The van der Waals surface area contributed by atoms with Gasteiger partial charge in [0.2, 0.25) is 5.13 Å². The number of hydrogen-bond acceptors (Lipinski definition) is 10. The van der Waals surface area contributed by atoms with Crippen LogP contribution >= 0.6 is 11.3 Å². The van der Waals surface area contributed by atoms with Crippen LogP contribution in [0.1, 0.15) is 41.9 Å². The van der Waals surface area contributed by atoms with Gasteiger partial charge in [0, 0.05) is 70.0 Å². The van der Waals surface area contributed by atoms with E-state index in [9.17, 15) is 0 Å². The van der Waals surface area contributed by atoms with Gasteiger partial charge in [-0.25, -0.2) is 10.4 Å². The lowest BCUT2D eigenvalue weighted by Crippen LogP contribution is -2.27. The van der Waals surface area contributed by atoms with Crippen LogP contribution in [0.4, 0.5) is 10.9 Å². The van der Waals surface area contributed by atoms with Crippen LogP contribution in [0.5, 0.6) is 0 Å². The molecule has 0 bridgehead atoms. The van der Waals surface area contributed by atoms with Crippen LogP contribution in [-0.4, -0.2) is 63.4 Å². The fourth-order valence-corrected chi connectivity index (χ4v) is 5.90. The first-order valence-corrected chi connectivity index (χ1v) is 17.7. The highest BCUT2D eigenvalue weighted by Gasteiger charge is 2.27. The van der Waals surface area contributed by atoms with Crippen molar-refractivity contribution < 1.29 is 4.74 Å². The maximum atomic E-state index is 6.16. The van der Waals surface area contributed by atoms with E-state index in [1.807, 2.05) is 59.4 Å². The van der Waals surface area contributed by atoms with Crippen molar-refractivity contribution in [3.63, 3.8) is 0 Å². The molecule has 5 heterocycles. The van der Waals surface area contributed by atoms with Gasteiger partial charge in [-0.15, -0.1) is 10.2 Å². The summed E-state index contributed by atoms with van der Waals surface area (Å²) in [5, 5.41) is 17.0. The molecule has 0 spiro atoms. The van der Waals surface area contributed by atoms with E-state index in [-0.39, 0.29) is 6.04 Å². The molecule has 4 aromatic rings. The molecule has 0 radical (unpaired) electrons. The molecule has 1 aliphatic heterocycles. The molecule has 1 N–H and O–H groups in total. The van der Waals surface area contributed by atoms with Crippen LogP contribution in [-0.2, 0) is 11.8 Å². The summed E-state index contributed by atoms with van der Waals surface area (Å²) in [5.74, 6) is 1.07. The van der Waals surface area contributed by atoms with Crippen molar-refractivity contribution in [3.05, 3.63) is 59.1 Å². The van der Waals surface area contributed by atoms with Gasteiger partial charge in [-0.3, -0.25) is 14.6 Å². The highest BCUT2D eigenvalue weighted by molar-refractivity contribution is 7.15. The minimum Gasteiger partial charge on any atom is -0.361 e. The van der Waals surface area contributed by atoms with E-state index in [1.54, 1.807) is 11.3 Å². The Labute approximate surface area is 234 Å². The van der Waals surface area contributed by atoms with Gasteiger partial charge in [-0.05, 0) is 24.2 Å². The Bertz CT molecular complexity index is 1480. The Kier molecular flexibility index (Phi) is 7.81. The molecule has 0 aliphatic carbocycles. The quantitative estimate of drug-likeness (QED) is 0.156. The first-order chi connectivity index (χ1) is 18.6. The third kappa shape index (κ3) is 6.35. The summed E-state index contributed by atoms with van der Waals surface area (Å²) in [7, 11) is 2.72. The molecule has 206 valence electrons. The zero-order valence-corrected chi connectivity index (χ0v) is 25.5. The van der Waals surface area contributed by atoms with Crippen molar-refractivity contribution in [1.29, 1.82) is 0 Å². The number of aryl methyl sites for hydroxylation is 1. The van der Waals surface area contributed by atoms with Crippen molar-refractivity contribution in [2.45, 2.75) is 51.5 Å². The van der Waals surface area contributed by atoms with Gasteiger partial charge < -0.3 is 9.75 Å². The highest BCUT2D eigenvalue weighted by Crippen LogP contribution is 2.35. The van der Waals surface area contributed by atoms with Crippen molar-refractivity contribution in [2.24, 2.45) is 7.05 Å². The second-order valence-electron chi connectivity index (χ2n) is 11.5. The normalized spacial score (nSPS) is 15.9. The van der Waals surface area contributed by atoms with E-state index in [0.717, 1.165) is 49.7 Å². The first kappa shape index (κ1) is 27.4. The van der Waals surface area contributed by atoms with E-state index in [2.05, 4.69) is 66.5 Å². The summed E-state index contributed by atoms with van der Waals surface area (Å²) in [5.41, 5.74) is 8.34. The van der Waals surface area contributed by atoms with Gasteiger partial charge in [-0.2, -0.15) is 5.10 Å². The minimum absolute atomic E-state index is 0.0155. The van der Waals surface area contributed by atoms with Crippen molar-refractivity contribution in [2.75, 3.05) is 25.3 Å². The van der Waals surface area contributed by atoms with Gasteiger partial charge in [0.1, 0.15) is 17.6 Å². The summed E-state index contributed by atoms with van der Waals surface area (Å²) in [6.45, 7) is 12.4. The summed E-state index contributed by atoms with van der Waals surface area (Å²) in [6, 6.07) is 7.18. The Morgan fingerprint density at radius 2 is 1.95 bits per heavy atom. The molecular formula is C27H37N9OSSi. The largest absolute Gasteiger partial charge is 0.361 e. The third-order valence-electron chi connectivity index (χ3n) is 6.54.